The molecule has 1 aromatic rings. The van der Waals surface area contributed by atoms with E-state index in [1.54, 1.807) is 49.1 Å². The van der Waals surface area contributed by atoms with Crippen molar-refractivity contribution in [1.82, 2.24) is 81.1 Å². The van der Waals surface area contributed by atoms with Crippen LogP contribution in [-0.2, 0) is 33.4 Å². The number of ether oxygens (including phenoxy) is 2. The van der Waals surface area contributed by atoms with Gasteiger partial charge >= 0.3 is 0 Å². The first-order chi connectivity index (χ1) is 56.0. The zero-order valence-corrected chi connectivity index (χ0v) is 71.6. The molecule has 3 aliphatic carbocycles. The third-order valence-corrected chi connectivity index (χ3v) is 24.1. The van der Waals surface area contributed by atoms with E-state index in [4.69, 9.17) is 26.7 Å². The summed E-state index contributed by atoms with van der Waals surface area (Å²) >= 11 is 0. The Balaban J connectivity index is 0.000000126. The van der Waals surface area contributed by atoms with E-state index in [9.17, 15) is 59.4 Å². The number of fused-ring (bicyclic) bond motifs is 9. The van der Waals surface area contributed by atoms with Crippen LogP contribution in [0.3, 0.4) is 0 Å². The first-order valence-electron chi connectivity index (χ1n) is 40.5. The van der Waals surface area contributed by atoms with Gasteiger partial charge in [0.1, 0.15) is 97.4 Å². The van der Waals surface area contributed by atoms with E-state index >= 15 is 0 Å². The second-order valence-corrected chi connectivity index (χ2v) is 37.8. The number of aliphatic hydroxyl groups is 6. The topological polar surface area (TPSA) is 554 Å². The number of carbonyl (C=O) groups is 6. The lowest BCUT2D eigenvalue weighted by atomic mass is 9.96. The fourth-order valence-corrected chi connectivity index (χ4v) is 17.4. The number of carbonyl (C=O) groups excluding carboxylic acids is 6. The molecular formula is C78H120N28O14. The van der Waals surface area contributed by atoms with E-state index in [1.807, 2.05) is 71.0 Å². The lowest BCUT2D eigenvalue weighted by Gasteiger charge is -2.44. The van der Waals surface area contributed by atoms with E-state index in [0.29, 0.717) is 25.6 Å². The number of aliphatic hydroxyl groups excluding tert-OH is 6. The number of guanidine groups is 3. The van der Waals surface area contributed by atoms with Gasteiger partial charge in [-0.2, -0.15) is 0 Å². The van der Waals surface area contributed by atoms with Gasteiger partial charge in [-0.05, 0) is 134 Å². The van der Waals surface area contributed by atoms with Gasteiger partial charge in [0.2, 0.25) is 23.7 Å². The Morgan fingerprint density at radius 2 is 0.875 bits per heavy atom. The van der Waals surface area contributed by atoms with Crippen LogP contribution in [0.1, 0.15) is 120 Å². The summed E-state index contributed by atoms with van der Waals surface area (Å²) in [6.45, 7) is 36.2. The summed E-state index contributed by atoms with van der Waals surface area (Å²) in [4.78, 5) is 128. The van der Waals surface area contributed by atoms with Crippen LogP contribution in [0.2, 0.25) is 0 Å². The average Bonchev–Trinajstić information content (AvgIpc) is 1.58. The molecule has 2 saturated carbocycles. The second kappa shape index (κ2) is 32.5. The molecule has 2 saturated heterocycles. The van der Waals surface area contributed by atoms with Crippen LogP contribution in [0.5, 0.6) is 0 Å². The number of hydrogen-bond acceptors (Lipinski definition) is 36. The Hall–Kier alpha value is -9.89. The first-order valence-corrected chi connectivity index (χ1v) is 40.5. The Morgan fingerprint density at radius 3 is 1.32 bits per heavy atom. The molecule has 19 N–H and O–H groups in total. The SMILES string of the molecule is CC(C)(C)N1C=C(CNC2C(O)C(O)C3OC23)C2C(=O)NC(N)=NC21.CC(C)(C)N1C=C(CNC2C=CC(O)C2O)C2C(=O)NC(N)=NC21.CC(C)(C)N1C=NC2C(=O)NC=NC21.CN1C=C(CNC2C(O)C(O)C3OC23)C2C(=O)NC(N)=NC21.CN1C=NC2C(N=CN2C(C)(C)C)C1=O.Cc1nc2n(c1C)C(=O)C1N=CN(C(C)(C)C)C1N2C. The van der Waals surface area contributed by atoms with E-state index in [1.165, 1.54) is 11.2 Å². The third kappa shape index (κ3) is 17.0. The Bertz CT molecular complexity index is 4560. The molecule has 0 radical (unpaired) electrons. The quantitative estimate of drug-likeness (QED) is 0.0812. The summed E-state index contributed by atoms with van der Waals surface area (Å²) in [6, 6.07) is -2.13. The monoisotopic (exact) mass is 1670 g/mol. The summed E-state index contributed by atoms with van der Waals surface area (Å²) in [6.07, 6.45) is 9.85. The van der Waals surface area contributed by atoms with Crippen LogP contribution in [0.4, 0.5) is 5.95 Å². The van der Waals surface area contributed by atoms with Gasteiger partial charge in [0.15, 0.2) is 48.3 Å². The van der Waals surface area contributed by atoms with Crippen molar-refractivity contribution < 1.29 is 68.9 Å². The number of hydrogen-bond donors (Lipinski definition) is 16. The zero-order valence-electron chi connectivity index (χ0n) is 71.6. The number of epoxide rings is 2. The fraction of sp³-hybridized carbons (Fsp3) is 0.679. The molecule has 0 spiro atoms. The predicted octanol–water partition coefficient (Wildman–Crippen LogP) is -5.15. The molecule has 17 aliphatic rings. The summed E-state index contributed by atoms with van der Waals surface area (Å²) in [5.74, 6) is -0.714. The van der Waals surface area contributed by atoms with E-state index in [0.717, 1.165) is 28.1 Å². The van der Waals surface area contributed by atoms with Gasteiger partial charge in [-0.3, -0.25) is 64.3 Å². The summed E-state index contributed by atoms with van der Waals surface area (Å²) < 4.78 is 12.4. The molecule has 18 rings (SSSR count). The Labute approximate surface area is 697 Å². The van der Waals surface area contributed by atoms with E-state index in [-0.39, 0.29) is 179 Å². The van der Waals surface area contributed by atoms with Gasteiger partial charge in [-0.1, -0.05) is 12.2 Å². The maximum absolute atomic E-state index is 12.7. The molecule has 1 aromatic heterocycles. The van der Waals surface area contributed by atoms with Gasteiger partial charge < -0.3 is 118 Å². The van der Waals surface area contributed by atoms with Crippen LogP contribution in [0.15, 0.2) is 87.4 Å². The minimum Gasteiger partial charge on any atom is -0.389 e. The summed E-state index contributed by atoms with van der Waals surface area (Å²) in [7, 11) is 5.53. The molecule has 42 nitrogen and oxygen atoms in total. The highest BCUT2D eigenvalue weighted by atomic mass is 16.6. The highest BCUT2D eigenvalue weighted by molar-refractivity contribution is 6.03. The van der Waals surface area contributed by atoms with Crippen LogP contribution >= 0.6 is 0 Å². The maximum atomic E-state index is 12.7. The molecule has 0 aromatic carbocycles. The number of imidazole rings is 1. The molecule has 15 heterocycles. The second-order valence-electron chi connectivity index (χ2n) is 37.8. The fourth-order valence-electron chi connectivity index (χ4n) is 17.4. The highest BCUT2D eigenvalue weighted by Gasteiger charge is 2.63. The highest BCUT2D eigenvalue weighted by Crippen LogP contribution is 2.44. The van der Waals surface area contributed by atoms with Gasteiger partial charge in [-0.15, -0.1) is 0 Å². The smallest absolute Gasteiger partial charge is 0.262 e. The maximum Gasteiger partial charge on any atom is 0.262 e. The minimum atomic E-state index is -0.879. The largest absolute Gasteiger partial charge is 0.389 e. The Morgan fingerprint density at radius 1 is 0.450 bits per heavy atom. The minimum absolute atomic E-state index is 0.0120. The predicted molar refractivity (Wildman–Crippen MR) is 446 cm³/mol. The molecule has 25 atom stereocenters. The van der Waals surface area contributed by atoms with E-state index < -0.39 is 54.4 Å². The van der Waals surface area contributed by atoms with Crippen molar-refractivity contribution in [3.8, 4) is 0 Å². The number of anilines is 1. The molecule has 120 heavy (non-hydrogen) atoms. The molecule has 25 unspecified atom stereocenters. The molecule has 4 fully saturated rings. The average molecular weight is 1670 g/mol. The summed E-state index contributed by atoms with van der Waals surface area (Å²) in [5.41, 5.74) is 20.8. The number of aryl methyl sites for hydroxylation is 1. The molecular weight excluding hydrogens is 1550 g/mol. The van der Waals surface area contributed by atoms with Gasteiger partial charge in [-0.25, -0.2) is 29.9 Å². The first kappa shape index (κ1) is 87.9. The normalized spacial score (nSPS) is 35.9. The van der Waals surface area contributed by atoms with Crippen molar-refractivity contribution in [1.29, 1.82) is 0 Å². The number of rotatable bonds is 9. The Kier molecular flexibility index (Phi) is 23.8. The number of nitrogens with one attached hydrogen (secondary N) is 7. The van der Waals surface area contributed by atoms with Crippen molar-refractivity contribution in [2.75, 3.05) is 45.7 Å². The van der Waals surface area contributed by atoms with Crippen LogP contribution in [-0.4, -0.2) is 362 Å². The van der Waals surface area contributed by atoms with Crippen LogP contribution < -0.4 is 59.3 Å². The van der Waals surface area contributed by atoms with Crippen molar-refractivity contribution >= 4 is 91.0 Å². The molecule has 5 amide bonds. The zero-order chi connectivity index (χ0) is 87.7. The van der Waals surface area contributed by atoms with Gasteiger partial charge in [0.05, 0.1) is 61.6 Å². The van der Waals surface area contributed by atoms with Crippen molar-refractivity contribution in [3.05, 3.63) is 58.9 Å². The molecule has 14 aliphatic heterocycles. The van der Waals surface area contributed by atoms with Crippen molar-refractivity contribution in [3.63, 3.8) is 0 Å². The molecule has 0 bridgehead atoms. The number of nitrogens with zero attached hydrogens (tertiary/aromatic N) is 18. The standard InChI is InChI=1S/C16H25N5O4.C16H25N5O3.C14H21N5O.C13H19N5O4.C10H16N4O.C9H14N4O/c1-16(2,3)21-5-6(7-13(21)19-15(17)20-14(7)24)4-18-8-9(22)10(23)12-11(8)25-12;1-16(2,3)21-7-8(6-18-9-4-5-10(22)12(9)23)11-13(21)19-15(17)20-14(11)24;1-8-9(2)19-12(20)10-11(17(6)13(19)16-8)18(7-15-10)14(3,4)5;1-18-3-4(5-11(18)16-13(14)17-12(5)21)2-15-6-7(19)8(20)10-9(6)22-10;1-10(2,3)14-6-11-7-8(14)12-5-13(4)9(7)15;1-9(2,3)13-5-12-6-7(13)10-4-11-8(6)14/h5,7-13,18,22-23H,4H2,1-3H3,(H3,17,19,20,24);4-5,7,9-13,18,22-23H,6H2,1-3H3,(H3,17,19,20,24);7,10-11H,1-6H3;3,5-11,15,19-20H,2H2,1H3,(H3,14,16,17,21);5-8H,1-4H3;4-7H,1-3H3,(H,10,11,14). The lowest BCUT2D eigenvalue weighted by Crippen LogP contribution is -2.60. The van der Waals surface area contributed by atoms with E-state index in [2.05, 4.69) is 196 Å². The lowest BCUT2D eigenvalue weighted by molar-refractivity contribution is -0.129. The molecule has 42 heteroatoms. The van der Waals surface area contributed by atoms with Crippen molar-refractivity contribution in [2.45, 2.75) is 280 Å². The van der Waals surface area contributed by atoms with Crippen LogP contribution in [0, 0.1) is 31.6 Å². The summed E-state index contributed by atoms with van der Waals surface area (Å²) in [5, 5.41) is 79.0. The number of likely N-dealkylation sites (N-methyl/N-ethyl adjacent to an activating group) is 2. The number of nitrogens with two attached hydrogens (primary N) is 3. The number of amides is 5. The van der Waals surface area contributed by atoms with Gasteiger partial charge in [0.25, 0.3) is 17.7 Å². The third-order valence-electron chi connectivity index (χ3n) is 24.1. The van der Waals surface area contributed by atoms with Gasteiger partial charge in [0, 0.05) is 92.8 Å². The number of aliphatic imine (C=N–C) groups is 8. The number of aromatic nitrogens is 2. The van der Waals surface area contributed by atoms with Crippen molar-refractivity contribution in [2.24, 2.45) is 74.9 Å². The van der Waals surface area contributed by atoms with Crippen LogP contribution in [0.25, 0.3) is 0 Å². The molecule has 656 valence electrons.